The minimum absolute atomic E-state index is 0.228. The van der Waals surface area contributed by atoms with E-state index >= 15 is 0 Å². The maximum atomic E-state index is 12.1. The summed E-state index contributed by atoms with van der Waals surface area (Å²) in [6.45, 7) is 7.27. The molecule has 8 nitrogen and oxygen atoms in total. The number of hydrogen-bond acceptors (Lipinski definition) is 8. The lowest BCUT2D eigenvalue weighted by Gasteiger charge is -2.06. The van der Waals surface area contributed by atoms with E-state index < -0.39 is 17.2 Å². The van der Waals surface area contributed by atoms with Crippen LogP contribution in [-0.2, 0) is 9.59 Å². The molecule has 0 spiro atoms. The summed E-state index contributed by atoms with van der Waals surface area (Å²) in [5.74, 6) is 0.161. The van der Waals surface area contributed by atoms with Crippen molar-refractivity contribution in [3.8, 4) is 11.5 Å². The van der Waals surface area contributed by atoms with Crippen molar-refractivity contribution in [3.63, 3.8) is 0 Å². The molecule has 260 valence electrons. The predicted octanol–water partition coefficient (Wildman–Crippen LogP) is 10.3. The van der Waals surface area contributed by atoms with Crippen LogP contribution in [0.2, 0.25) is 0 Å². The molecule has 0 aliphatic heterocycles. The van der Waals surface area contributed by atoms with Crippen molar-refractivity contribution in [1.29, 1.82) is 0 Å². The van der Waals surface area contributed by atoms with Crippen LogP contribution in [0.25, 0.3) is 21.9 Å². The fraction of sp³-hybridized carbons (Fsp3) is 0.500. The molecule has 0 N–H and O–H groups in total. The van der Waals surface area contributed by atoms with Gasteiger partial charge in [-0.3, -0.25) is 9.59 Å². The van der Waals surface area contributed by atoms with E-state index in [9.17, 15) is 19.2 Å². The maximum Gasteiger partial charge on any atom is 0.336 e. The van der Waals surface area contributed by atoms with Gasteiger partial charge in [-0.2, -0.15) is 0 Å². The van der Waals surface area contributed by atoms with Crippen molar-refractivity contribution in [3.05, 3.63) is 80.5 Å². The van der Waals surface area contributed by atoms with Crippen LogP contribution in [-0.4, -0.2) is 11.9 Å². The molecular formula is C40H52O8. The van der Waals surface area contributed by atoms with Gasteiger partial charge in [-0.1, -0.05) is 96.8 Å². The average molecular weight is 661 g/mol. The number of rotatable bonds is 18. The molecule has 0 atom stereocenters. The Morgan fingerprint density at radius 3 is 1.38 bits per heavy atom. The third kappa shape index (κ3) is 13.9. The van der Waals surface area contributed by atoms with E-state index in [0.717, 1.165) is 34.7 Å². The third-order valence-electron chi connectivity index (χ3n) is 8.32. The first-order chi connectivity index (χ1) is 23.2. The maximum absolute atomic E-state index is 12.1. The SMILES string of the molecule is CC(=O)Oc1ccc2c(C)cc(=O)oc2c1.CCCCCCCCCCCCCCCCCC(=O)Oc1ccc2c(C)cc(=O)oc2c1. The predicted molar refractivity (Wildman–Crippen MR) is 191 cm³/mol. The summed E-state index contributed by atoms with van der Waals surface area (Å²) < 4.78 is 20.5. The zero-order valence-corrected chi connectivity index (χ0v) is 29.2. The van der Waals surface area contributed by atoms with Crippen LogP contribution in [0.1, 0.15) is 128 Å². The second kappa shape index (κ2) is 20.9. The first-order valence-electron chi connectivity index (χ1n) is 17.6. The summed E-state index contributed by atoms with van der Waals surface area (Å²) >= 11 is 0. The van der Waals surface area contributed by atoms with Gasteiger partial charge < -0.3 is 18.3 Å². The number of carbonyl (C=O) groups is 2. The van der Waals surface area contributed by atoms with Crippen molar-refractivity contribution >= 4 is 33.9 Å². The van der Waals surface area contributed by atoms with E-state index in [1.807, 2.05) is 19.9 Å². The van der Waals surface area contributed by atoms with Crippen molar-refractivity contribution in [2.24, 2.45) is 0 Å². The molecule has 4 aromatic rings. The topological polar surface area (TPSA) is 113 Å². The van der Waals surface area contributed by atoms with Crippen molar-refractivity contribution in [1.82, 2.24) is 0 Å². The minimum Gasteiger partial charge on any atom is -0.427 e. The van der Waals surface area contributed by atoms with Crippen LogP contribution in [0.5, 0.6) is 11.5 Å². The minimum atomic E-state index is -0.412. The average Bonchev–Trinajstić information content (AvgIpc) is 3.02. The number of ether oxygens (including phenoxy) is 2. The molecule has 2 aromatic heterocycles. The fourth-order valence-electron chi connectivity index (χ4n) is 5.73. The molecule has 4 rings (SSSR count). The molecule has 8 heteroatoms. The highest BCUT2D eigenvalue weighted by molar-refractivity contribution is 5.83. The van der Waals surface area contributed by atoms with E-state index in [2.05, 4.69) is 6.92 Å². The first-order valence-corrected chi connectivity index (χ1v) is 17.6. The Hall–Kier alpha value is -4.20. The molecule has 0 unspecified atom stereocenters. The lowest BCUT2D eigenvalue weighted by molar-refractivity contribution is -0.134. The van der Waals surface area contributed by atoms with Gasteiger partial charge in [0.15, 0.2) is 0 Å². The largest absolute Gasteiger partial charge is 0.427 e. The lowest BCUT2D eigenvalue weighted by Crippen LogP contribution is -2.07. The summed E-state index contributed by atoms with van der Waals surface area (Å²) in [7, 11) is 0. The Labute approximate surface area is 283 Å². The van der Waals surface area contributed by atoms with Crippen LogP contribution in [0, 0.1) is 13.8 Å². The smallest absolute Gasteiger partial charge is 0.336 e. The molecule has 48 heavy (non-hydrogen) atoms. The number of fused-ring (bicyclic) bond motifs is 2. The molecule has 2 heterocycles. The second-order valence-corrected chi connectivity index (χ2v) is 12.6. The van der Waals surface area contributed by atoms with Gasteiger partial charge in [0, 0.05) is 48.4 Å². The van der Waals surface area contributed by atoms with E-state index in [-0.39, 0.29) is 5.97 Å². The number of benzene rings is 2. The molecule has 0 amide bonds. The summed E-state index contributed by atoms with van der Waals surface area (Å²) in [5.41, 5.74) is 1.75. The highest BCUT2D eigenvalue weighted by Gasteiger charge is 2.09. The zero-order valence-electron chi connectivity index (χ0n) is 29.2. The Kier molecular flexibility index (Phi) is 16.7. The highest BCUT2D eigenvalue weighted by Crippen LogP contribution is 2.24. The molecule has 2 aromatic carbocycles. The lowest BCUT2D eigenvalue weighted by atomic mass is 10.0. The van der Waals surface area contributed by atoms with Gasteiger partial charge in [-0.05, 0) is 55.7 Å². The number of esters is 2. The normalized spacial score (nSPS) is 10.9. The molecule has 0 saturated carbocycles. The quantitative estimate of drug-likeness (QED) is 0.0448. The van der Waals surface area contributed by atoms with Gasteiger partial charge in [-0.25, -0.2) is 9.59 Å². The van der Waals surface area contributed by atoms with E-state index in [4.69, 9.17) is 18.3 Å². The van der Waals surface area contributed by atoms with Crippen LogP contribution < -0.4 is 20.7 Å². The molecule has 0 aliphatic carbocycles. The summed E-state index contributed by atoms with van der Waals surface area (Å²) in [6.07, 6.45) is 20.0. The van der Waals surface area contributed by atoms with Crippen molar-refractivity contribution in [2.75, 3.05) is 0 Å². The van der Waals surface area contributed by atoms with Crippen molar-refractivity contribution in [2.45, 2.75) is 130 Å². The number of hydrogen-bond donors (Lipinski definition) is 0. The van der Waals surface area contributed by atoms with Crippen molar-refractivity contribution < 1.29 is 27.9 Å². The van der Waals surface area contributed by atoms with Crippen LogP contribution in [0.3, 0.4) is 0 Å². The monoisotopic (exact) mass is 660 g/mol. The molecule has 0 radical (unpaired) electrons. The summed E-state index contributed by atoms with van der Waals surface area (Å²) in [4.78, 5) is 45.6. The Morgan fingerprint density at radius 1 is 0.562 bits per heavy atom. The third-order valence-corrected chi connectivity index (χ3v) is 8.32. The van der Waals surface area contributed by atoms with Gasteiger partial charge in [0.25, 0.3) is 0 Å². The molecule has 0 bridgehead atoms. The number of aryl methyl sites for hydroxylation is 2. The molecule has 0 aliphatic rings. The number of carbonyl (C=O) groups excluding carboxylic acids is 2. The molecule has 0 fully saturated rings. The number of unbranched alkanes of at least 4 members (excludes halogenated alkanes) is 14. The van der Waals surface area contributed by atoms with E-state index in [1.54, 1.807) is 24.3 Å². The fourth-order valence-corrected chi connectivity index (χ4v) is 5.73. The Bertz CT molecular complexity index is 1710. The second-order valence-electron chi connectivity index (χ2n) is 12.6. The highest BCUT2D eigenvalue weighted by atomic mass is 16.5. The standard InChI is InChI=1S/C28H42O4.C12H10O4/c1-3-4-5-6-7-8-9-10-11-12-13-14-15-16-17-18-27(29)31-24-19-20-25-23(2)21-28(30)32-26(25)22-24;1-7-5-12(14)16-11-6-9(15-8(2)13)3-4-10(7)11/h19-22H,3-18H2,1-2H3;3-6H,1-2H3. The van der Waals surface area contributed by atoms with E-state index in [1.165, 1.54) is 109 Å². The van der Waals surface area contributed by atoms with Crippen LogP contribution in [0.4, 0.5) is 0 Å². The van der Waals surface area contributed by atoms with Gasteiger partial charge >= 0.3 is 23.2 Å². The molecular weight excluding hydrogens is 608 g/mol. The Morgan fingerprint density at radius 2 is 0.958 bits per heavy atom. The summed E-state index contributed by atoms with van der Waals surface area (Å²) in [5, 5.41) is 1.68. The van der Waals surface area contributed by atoms with Gasteiger partial charge in [-0.15, -0.1) is 0 Å². The van der Waals surface area contributed by atoms with Gasteiger partial charge in [0.1, 0.15) is 22.7 Å². The first kappa shape index (κ1) is 38.2. The van der Waals surface area contributed by atoms with E-state index in [0.29, 0.717) is 29.1 Å². The molecule has 0 saturated heterocycles. The summed E-state index contributed by atoms with van der Waals surface area (Å²) in [6, 6.07) is 13.0. The van der Waals surface area contributed by atoms with Gasteiger partial charge in [0.05, 0.1) is 0 Å². The zero-order chi connectivity index (χ0) is 34.7. The van der Waals surface area contributed by atoms with Crippen LogP contribution >= 0.6 is 0 Å². The Balaban J connectivity index is 0.000000324. The van der Waals surface area contributed by atoms with Gasteiger partial charge in [0.2, 0.25) is 0 Å². The van der Waals surface area contributed by atoms with Crippen LogP contribution in [0.15, 0.2) is 67.0 Å².